The molecule has 0 aromatic heterocycles. The Morgan fingerprint density at radius 1 is 1.12 bits per heavy atom. The second-order valence-corrected chi connectivity index (χ2v) is 3.94. The Morgan fingerprint density at radius 3 is 2.12 bits per heavy atom. The summed E-state index contributed by atoms with van der Waals surface area (Å²) in [6.45, 7) is 6.59. The van der Waals surface area contributed by atoms with Crippen LogP contribution >= 0.6 is 0 Å². The second-order valence-electron chi connectivity index (χ2n) is 3.94. The molecule has 0 heterocycles. The summed E-state index contributed by atoms with van der Waals surface area (Å²) >= 11 is 0. The molecule has 1 nitrogen and oxygen atoms in total. The van der Waals surface area contributed by atoms with Gasteiger partial charge in [-0.05, 0) is 30.9 Å². The zero-order chi connectivity index (χ0) is 12.0. The van der Waals surface area contributed by atoms with E-state index >= 15 is 0 Å². The topological polar surface area (TPSA) is 20.2 Å². The van der Waals surface area contributed by atoms with E-state index < -0.39 is 0 Å². The minimum absolute atomic E-state index is 0.141. The smallest absolute Gasteiger partial charge is 0.0540 e. The lowest BCUT2D eigenvalue weighted by Gasteiger charge is -2.09. The predicted molar refractivity (Wildman–Crippen MR) is 68.5 cm³/mol. The lowest BCUT2D eigenvalue weighted by molar-refractivity contribution is 0.305. The van der Waals surface area contributed by atoms with E-state index in [4.69, 9.17) is 5.11 Å². The molecule has 0 spiro atoms. The van der Waals surface area contributed by atoms with Gasteiger partial charge >= 0.3 is 0 Å². The molecule has 0 bridgehead atoms. The standard InChI is InChI=1S/C15H20O/c1-4-13-10-12(3)11-14(5-2)15(13)8-6-7-9-16/h10-11,16H,4-5,7,9H2,1-3H3. The molecule has 1 aromatic rings. The Balaban J connectivity index is 3.18. The molecular formula is C15H20O. The van der Waals surface area contributed by atoms with Gasteiger partial charge in [-0.15, -0.1) is 0 Å². The van der Waals surface area contributed by atoms with Crippen molar-refractivity contribution in [3.63, 3.8) is 0 Å². The third-order valence-electron chi connectivity index (χ3n) is 2.66. The van der Waals surface area contributed by atoms with Gasteiger partial charge in [-0.25, -0.2) is 0 Å². The van der Waals surface area contributed by atoms with Crippen LogP contribution in [0.25, 0.3) is 0 Å². The Bertz CT molecular complexity index is 382. The molecule has 86 valence electrons. The third-order valence-corrected chi connectivity index (χ3v) is 2.66. The van der Waals surface area contributed by atoms with Crippen LogP contribution in [0.15, 0.2) is 12.1 Å². The van der Waals surface area contributed by atoms with Gasteiger partial charge in [0.15, 0.2) is 0 Å². The molecule has 16 heavy (non-hydrogen) atoms. The van der Waals surface area contributed by atoms with Crippen LogP contribution in [-0.4, -0.2) is 11.7 Å². The molecule has 0 atom stereocenters. The van der Waals surface area contributed by atoms with Crippen LogP contribution in [0, 0.1) is 18.8 Å². The van der Waals surface area contributed by atoms with Gasteiger partial charge in [-0.1, -0.05) is 43.4 Å². The summed E-state index contributed by atoms with van der Waals surface area (Å²) in [5, 5.41) is 8.74. The van der Waals surface area contributed by atoms with Crippen LogP contribution in [0.1, 0.15) is 42.5 Å². The molecule has 0 saturated heterocycles. The third kappa shape index (κ3) is 3.12. The van der Waals surface area contributed by atoms with E-state index in [1.807, 2.05) is 0 Å². The number of aliphatic hydroxyl groups excluding tert-OH is 1. The fraction of sp³-hybridized carbons (Fsp3) is 0.467. The molecule has 1 N–H and O–H groups in total. The number of rotatable bonds is 3. The van der Waals surface area contributed by atoms with Crippen molar-refractivity contribution in [2.45, 2.75) is 40.0 Å². The molecule has 0 aliphatic carbocycles. The van der Waals surface area contributed by atoms with Gasteiger partial charge < -0.3 is 5.11 Å². The summed E-state index contributed by atoms with van der Waals surface area (Å²) < 4.78 is 0. The lowest BCUT2D eigenvalue weighted by Crippen LogP contribution is -1.96. The van der Waals surface area contributed by atoms with E-state index in [2.05, 4.69) is 44.7 Å². The highest BCUT2D eigenvalue weighted by Gasteiger charge is 2.04. The van der Waals surface area contributed by atoms with Crippen LogP contribution in [0.4, 0.5) is 0 Å². The SMILES string of the molecule is CCc1cc(C)cc(CC)c1C#CCCO. The minimum Gasteiger partial charge on any atom is -0.395 e. The highest BCUT2D eigenvalue weighted by atomic mass is 16.2. The van der Waals surface area contributed by atoms with Crippen molar-refractivity contribution in [1.29, 1.82) is 0 Å². The molecule has 1 aromatic carbocycles. The summed E-state index contributed by atoms with van der Waals surface area (Å²) in [5.74, 6) is 6.22. The molecule has 0 unspecified atom stereocenters. The largest absolute Gasteiger partial charge is 0.395 e. The zero-order valence-electron chi connectivity index (χ0n) is 10.4. The number of benzene rings is 1. The maximum atomic E-state index is 8.74. The first kappa shape index (κ1) is 12.8. The number of hydrogen-bond donors (Lipinski definition) is 1. The molecule has 0 radical (unpaired) electrons. The summed E-state index contributed by atoms with van der Waals surface area (Å²) in [6, 6.07) is 4.42. The Morgan fingerprint density at radius 2 is 1.69 bits per heavy atom. The Kier molecular flexibility index (Phi) is 5.08. The van der Waals surface area contributed by atoms with Crippen LogP contribution in [0.2, 0.25) is 0 Å². The molecule has 1 heteroatoms. The molecule has 0 aliphatic rings. The van der Waals surface area contributed by atoms with Crippen molar-refractivity contribution in [3.8, 4) is 11.8 Å². The first-order valence-electron chi connectivity index (χ1n) is 5.95. The van der Waals surface area contributed by atoms with Gasteiger partial charge in [0.2, 0.25) is 0 Å². The maximum absolute atomic E-state index is 8.74. The van der Waals surface area contributed by atoms with Gasteiger partial charge in [-0.2, -0.15) is 0 Å². The van der Waals surface area contributed by atoms with E-state index in [1.165, 1.54) is 22.3 Å². The minimum atomic E-state index is 0.141. The van der Waals surface area contributed by atoms with Crippen molar-refractivity contribution in [1.82, 2.24) is 0 Å². The lowest BCUT2D eigenvalue weighted by atomic mass is 9.95. The van der Waals surface area contributed by atoms with Crippen LogP contribution in [0.3, 0.4) is 0 Å². The van der Waals surface area contributed by atoms with Gasteiger partial charge in [0.1, 0.15) is 0 Å². The van der Waals surface area contributed by atoms with Gasteiger partial charge in [0.25, 0.3) is 0 Å². The monoisotopic (exact) mass is 216 g/mol. The molecule has 1 rings (SSSR count). The molecule has 0 aliphatic heterocycles. The molecule has 0 saturated carbocycles. The number of hydrogen-bond acceptors (Lipinski definition) is 1. The normalized spacial score (nSPS) is 9.75. The van der Waals surface area contributed by atoms with Crippen molar-refractivity contribution in [3.05, 3.63) is 34.4 Å². The average Bonchev–Trinajstić information content (AvgIpc) is 2.30. The summed E-state index contributed by atoms with van der Waals surface area (Å²) in [5.41, 5.74) is 5.12. The summed E-state index contributed by atoms with van der Waals surface area (Å²) in [4.78, 5) is 0. The number of aliphatic hydroxyl groups is 1. The predicted octanol–water partition coefficient (Wildman–Crippen LogP) is 2.85. The average molecular weight is 216 g/mol. The first-order valence-corrected chi connectivity index (χ1v) is 5.95. The van der Waals surface area contributed by atoms with Crippen molar-refractivity contribution < 1.29 is 5.11 Å². The molecule has 0 amide bonds. The fourth-order valence-corrected chi connectivity index (χ4v) is 1.87. The van der Waals surface area contributed by atoms with E-state index in [0.717, 1.165) is 12.8 Å². The quantitative estimate of drug-likeness (QED) is 0.770. The Labute approximate surface area is 98.5 Å². The second kappa shape index (κ2) is 6.35. The van der Waals surface area contributed by atoms with Crippen molar-refractivity contribution >= 4 is 0 Å². The fourth-order valence-electron chi connectivity index (χ4n) is 1.87. The highest BCUT2D eigenvalue weighted by Crippen LogP contribution is 2.18. The van der Waals surface area contributed by atoms with Crippen molar-refractivity contribution in [2.75, 3.05) is 6.61 Å². The van der Waals surface area contributed by atoms with E-state index in [9.17, 15) is 0 Å². The van der Waals surface area contributed by atoms with Gasteiger partial charge in [-0.3, -0.25) is 0 Å². The number of aryl methyl sites for hydroxylation is 3. The maximum Gasteiger partial charge on any atom is 0.0540 e. The van der Waals surface area contributed by atoms with Gasteiger partial charge in [0.05, 0.1) is 6.61 Å². The summed E-state index contributed by atoms with van der Waals surface area (Å²) in [7, 11) is 0. The summed E-state index contributed by atoms with van der Waals surface area (Å²) in [6.07, 6.45) is 2.58. The van der Waals surface area contributed by atoms with Crippen molar-refractivity contribution in [2.24, 2.45) is 0 Å². The van der Waals surface area contributed by atoms with Crippen LogP contribution < -0.4 is 0 Å². The molecular weight excluding hydrogens is 196 g/mol. The molecule has 0 fully saturated rings. The van der Waals surface area contributed by atoms with E-state index in [-0.39, 0.29) is 6.61 Å². The van der Waals surface area contributed by atoms with Crippen LogP contribution in [0.5, 0.6) is 0 Å². The zero-order valence-corrected chi connectivity index (χ0v) is 10.4. The Hall–Kier alpha value is -1.26. The highest BCUT2D eigenvalue weighted by molar-refractivity contribution is 5.49. The van der Waals surface area contributed by atoms with E-state index in [1.54, 1.807) is 0 Å². The van der Waals surface area contributed by atoms with Gasteiger partial charge in [0, 0.05) is 12.0 Å². The van der Waals surface area contributed by atoms with Crippen LogP contribution in [-0.2, 0) is 12.8 Å². The first-order chi connectivity index (χ1) is 7.72. The van der Waals surface area contributed by atoms with E-state index in [0.29, 0.717) is 6.42 Å².